The monoisotopic (exact) mass is 211 g/mol. The first-order chi connectivity index (χ1) is 7.00. The van der Waals surface area contributed by atoms with E-state index in [0.717, 1.165) is 13.0 Å². The highest BCUT2D eigenvalue weighted by Crippen LogP contribution is 2.19. The predicted octanol–water partition coefficient (Wildman–Crippen LogP) is 2.82. The average molecular weight is 211 g/mol. The van der Waals surface area contributed by atoms with Crippen molar-refractivity contribution in [3.8, 4) is 0 Å². The molecular formula is C12H21NO2. The zero-order valence-corrected chi connectivity index (χ0v) is 10.1. The molecule has 1 aliphatic heterocycles. The third kappa shape index (κ3) is 3.57. The number of carbonyl (C=O) groups is 1. The van der Waals surface area contributed by atoms with Gasteiger partial charge in [-0.3, -0.25) is 0 Å². The van der Waals surface area contributed by atoms with Crippen LogP contribution in [0.1, 0.15) is 34.1 Å². The predicted molar refractivity (Wildman–Crippen MR) is 60.7 cm³/mol. The topological polar surface area (TPSA) is 29.5 Å². The summed E-state index contributed by atoms with van der Waals surface area (Å²) in [6, 6.07) is 0. The Bertz CT molecular complexity index is 256. The molecule has 0 saturated carbocycles. The van der Waals surface area contributed by atoms with Gasteiger partial charge in [0, 0.05) is 13.1 Å². The van der Waals surface area contributed by atoms with Crippen molar-refractivity contribution in [2.75, 3.05) is 13.1 Å². The lowest BCUT2D eigenvalue weighted by Gasteiger charge is -2.27. The maximum atomic E-state index is 11.6. The van der Waals surface area contributed by atoms with Crippen LogP contribution in [0.3, 0.4) is 0 Å². The minimum absolute atomic E-state index is 0.0343. The quantitative estimate of drug-likeness (QED) is 0.657. The van der Waals surface area contributed by atoms with Crippen LogP contribution in [0, 0.1) is 5.92 Å². The van der Waals surface area contributed by atoms with E-state index in [1.54, 1.807) is 4.90 Å². The number of hydrogen-bond donors (Lipinski definition) is 0. The molecule has 0 aliphatic carbocycles. The van der Waals surface area contributed by atoms with Gasteiger partial charge in [-0.2, -0.15) is 0 Å². The van der Waals surface area contributed by atoms with Crippen molar-refractivity contribution in [1.82, 2.24) is 4.90 Å². The van der Waals surface area contributed by atoms with Gasteiger partial charge in [0.2, 0.25) is 0 Å². The summed E-state index contributed by atoms with van der Waals surface area (Å²) in [5.41, 5.74) is 1.45. The molecule has 0 spiro atoms. The highest BCUT2D eigenvalue weighted by Gasteiger charge is 2.19. The van der Waals surface area contributed by atoms with Gasteiger partial charge in [-0.15, -0.1) is 0 Å². The molecule has 0 aromatic heterocycles. The van der Waals surface area contributed by atoms with Gasteiger partial charge in [0.25, 0.3) is 0 Å². The Labute approximate surface area is 92.1 Å². The second-order valence-electron chi connectivity index (χ2n) is 4.56. The first-order valence-corrected chi connectivity index (χ1v) is 5.65. The minimum atomic E-state index is -0.191. The van der Waals surface area contributed by atoms with Crippen molar-refractivity contribution in [3.63, 3.8) is 0 Å². The number of rotatable bonds is 2. The molecule has 1 amide bonds. The summed E-state index contributed by atoms with van der Waals surface area (Å²) in [5, 5.41) is 0. The van der Waals surface area contributed by atoms with Crippen LogP contribution in [0.4, 0.5) is 4.79 Å². The van der Waals surface area contributed by atoms with Crippen LogP contribution in [0.5, 0.6) is 0 Å². The zero-order chi connectivity index (χ0) is 11.4. The lowest BCUT2D eigenvalue weighted by atomic mass is 9.97. The summed E-state index contributed by atoms with van der Waals surface area (Å²) in [5.74, 6) is 0.591. The first-order valence-electron chi connectivity index (χ1n) is 5.65. The largest absolute Gasteiger partial charge is 0.447 e. The van der Waals surface area contributed by atoms with Gasteiger partial charge >= 0.3 is 6.09 Å². The summed E-state index contributed by atoms with van der Waals surface area (Å²) in [7, 11) is 0. The summed E-state index contributed by atoms with van der Waals surface area (Å²) in [6.45, 7) is 9.60. The van der Waals surface area contributed by atoms with Crippen molar-refractivity contribution in [2.45, 2.75) is 40.2 Å². The smallest absolute Gasteiger partial charge is 0.410 e. The summed E-state index contributed by atoms with van der Waals surface area (Å²) in [4.78, 5) is 13.3. The van der Waals surface area contributed by atoms with Gasteiger partial charge in [-0.1, -0.05) is 25.5 Å². The number of carbonyl (C=O) groups excluding carboxylic acids is 1. The lowest BCUT2D eigenvalue weighted by molar-refractivity contribution is 0.0789. The van der Waals surface area contributed by atoms with Crippen molar-refractivity contribution in [3.05, 3.63) is 11.6 Å². The molecule has 1 heterocycles. The Balaban J connectivity index is 2.46. The van der Waals surface area contributed by atoms with Crippen LogP contribution in [-0.2, 0) is 4.74 Å². The van der Waals surface area contributed by atoms with Gasteiger partial charge in [0.1, 0.15) is 0 Å². The van der Waals surface area contributed by atoms with Gasteiger partial charge in [-0.05, 0) is 26.2 Å². The minimum Gasteiger partial charge on any atom is -0.447 e. The van der Waals surface area contributed by atoms with E-state index in [-0.39, 0.29) is 12.2 Å². The molecule has 0 aromatic carbocycles. The van der Waals surface area contributed by atoms with E-state index in [0.29, 0.717) is 12.5 Å². The third-order valence-corrected chi connectivity index (χ3v) is 2.58. The molecule has 1 rings (SSSR count). The summed E-state index contributed by atoms with van der Waals surface area (Å²) >= 11 is 0. The SMILES string of the molecule is CC(C)OC(=O)N1CC=C(C(C)C)CC1. The summed E-state index contributed by atoms with van der Waals surface area (Å²) < 4.78 is 5.14. The molecule has 0 saturated heterocycles. The number of hydrogen-bond acceptors (Lipinski definition) is 2. The molecule has 0 N–H and O–H groups in total. The molecule has 3 nitrogen and oxygen atoms in total. The van der Waals surface area contributed by atoms with Crippen LogP contribution in [0.25, 0.3) is 0 Å². The van der Waals surface area contributed by atoms with Crippen LogP contribution >= 0.6 is 0 Å². The molecule has 0 unspecified atom stereocenters. The molecule has 3 heteroatoms. The lowest BCUT2D eigenvalue weighted by Crippen LogP contribution is -2.36. The Morgan fingerprint density at radius 2 is 2.07 bits per heavy atom. The Morgan fingerprint density at radius 3 is 2.47 bits per heavy atom. The summed E-state index contributed by atoms with van der Waals surface area (Å²) in [6.07, 6.45) is 2.90. The number of amides is 1. The second kappa shape index (κ2) is 5.19. The van der Waals surface area contributed by atoms with E-state index in [2.05, 4.69) is 19.9 Å². The van der Waals surface area contributed by atoms with Crippen LogP contribution in [0.2, 0.25) is 0 Å². The van der Waals surface area contributed by atoms with Crippen molar-refractivity contribution < 1.29 is 9.53 Å². The van der Waals surface area contributed by atoms with E-state index in [1.807, 2.05) is 13.8 Å². The normalized spacial score (nSPS) is 16.9. The highest BCUT2D eigenvalue weighted by atomic mass is 16.6. The highest BCUT2D eigenvalue weighted by molar-refractivity contribution is 5.68. The van der Waals surface area contributed by atoms with E-state index in [1.165, 1.54) is 5.57 Å². The van der Waals surface area contributed by atoms with Gasteiger partial charge in [0.15, 0.2) is 0 Å². The Morgan fingerprint density at radius 1 is 1.40 bits per heavy atom. The fourth-order valence-electron chi connectivity index (χ4n) is 1.65. The molecular weight excluding hydrogens is 190 g/mol. The van der Waals surface area contributed by atoms with E-state index in [4.69, 9.17) is 4.74 Å². The molecule has 0 bridgehead atoms. The van der Waals surface area contributed by atoms with Crippen molar-refractivity contribution in [2.24, 2.45) is 5.92 Å². The van der Waals surface area contributed by atoms with Crippen molar-refractivity contribution in [1.29, 1.82) is 0 Å². The standard InChI is InChI=1S/C12H21NO2/c1-9(2)11-5-7-13(8-6-11)12(14)15-10(3)4/h5,9-10H,6-8H2,1-4H3. The van der Waals surface area contributed by atoms with Crippen LogP contribution < -0.4 is 0 Å². The first kappa shape index (κ1) is 12.1. The van der Waals surface area contributed by atoms with E-state index >= 15 is 0 Å². The van der Waals surface area contributed by atoms with Crippen molar-refractivity contribution >= 4 is 6.09 Å². The Hall–Kier alpha value is -0.990. The van der Waals surface area contributed by atoms with Crippen LogP contribution in [0.15, 0.2) is 11.6 Å². The van der Waals surface area contributed by atoms with E-state index in [9.17, 15) is 4.79 Å². The van der Waals surface area contributed by atoms with Crippen LogP contribution in [-0.4, -0.2) is 30.2 Å². The van der Waals surface area contributed by atoms with Gasteiger partial charge in [-0.25, -0.2) is 4.79 Å². The maximum Gasteiger partial charge on any atom is 0.410 e. The molecule has 86 valence electrons. The third-order valence-electron chi connectivity index (χ3n) is 2.58. The molecule has 15 heavy (non-hydrogen) atoms. The van der Waals surface area contributed by atoms with Gasteiger partial charge in [0.05, 0.1) is 6.10 Å². The molecule has 0 radical (unpaired) electrons. The Kier molecular flexibility index (Phi) is 4.18. The number of nitrogens with zero attached hydrogens (tertiary/aromatic N) is 1. The molecule has 1 aliphatic rings. The fraction of sp³-hybridized carbons (Fsp3) is 0.750. The zero-order valence-electron chi connectivity index (χ0n) is 10.1. The average Bonchev–Trinajstić information content (AvgIpc) is 2.17. The molecule has 0 aromatic rings. The fourth-order valence-corrected chi connectivity index (χ4v) is 1.65. The second-order valence-corrected chi connectivity index (χ2v) is 4.56. The molecule has 0 atom stereocenters. The van der Waals surface area contributed by atoms with Gasteiger partial charge < -0.3 is 9.64 Å². The van der Waals surface area contributed by atoms with E-state index < -0.39 is 0 Å². The number of ether oxygens (including phenoxy) is 1. The molecule has 0 fully saturated rings. The maximum absolute atomic E-state index is 11.6.